The zero-order valence-electron chi connectivity index (χ0n) is 11.0. The number of hydrogen-bond acceptors (Lipinski definition) is 2. The predicted molar refractivity (Wildman–Crippen MR) is 72.9 cm³/mol. The molecule has 2 atom stereocenters. The summed E-state index contributed by atoms with van der Waals surface area (Å²) in [5.74, 6) is -0.539. The molecule has 0 spiro atoms. The van der Waals surface area contributed by atoms with Gasteiger partial charge in [0.05, 0.1) is 0 Å². The summed E-state index contributed by atoms with van der Waals surface area (Å²) in [5, 5.41) is 11.6. The largest absolute Gasteiger partial charge is 0.478 e. The van der Waals surface area contributed by atoms with Crippen LogP contribution >= 0.6 is 0 Å². The molecule has 2 N–H and O–H groups in total. The summed E-state index contributed by atoms with van der Waals surface area (Å²) < 4.78 is 0. The molecular formula is C15H17NO3. The molecular weight excluding hydrogens is 242 g/mol. The topological polar surface area (TPSA) is 66.4 Å². The number of aryl methyl sites for hydroxylation is 1. The van der Waals surface area contributed by atoms with E-state index < -0.39 is 5.97 Å². The average Bonchev–Trinajstić information content (AvgIpc) is 3.01. The van der Waals surface area contributed by atoms with Crippen LogP contribution in [0.2, 0.25) is 0 Å². The van der Waals surface area contributed by atoms with Gasteiger partial charge >= 0.3 is 5.97 Å². The first-order chi connectivity index (χ1) is 8.95. The van der Waals surface area contributed by atoms with Crippen molar-refractivity contribution in [2.45, 2.75) is 26.3 Å². The number of amides is 1. The Kier molecular flexibility index (Phi) is 3.69. The maximum atomic E-state index is 12.0. The number of rotatable bonds is 4. The summed E-state index contributed by atoms with van der Waals surface area (Å²) in [4.78, 5) is 22.5. The summed E-state index contributed by atoms with van der Waals surface area (Å²) >= 11 is 0. The third kappa shape index (κ3) is 3.68. The first kappa shape index (κ1) is 13.3. The second-order valence-electron chi connectivity index (χ2n) is 5.10. The number of benzene rings is 1. The summed E-state index contributed by atoms with van der Waals surface area (Å²) in [6, 6.07) is 5.64. The molecule has 1 aromatic rings. The molecule has 100 valence electrons. The van der Waals surface area contributed by atoms with Gasteiger partial charge < -0.3 is 10.4 Å². The van der Waals surface area contributed by atoms with Crippen LogP contribution in [0.5, 0.6) is 0 Å². The quantitative estimate of drug-likeness (QED) is 0.815. The van der Waals surface area contributed by atoms with Gasteiger partial charge in [0.15, 0.2) is 0 Å². The zero-order chi connectivity index (χ0) is 14.0. The minimum absolute atomic E-state index is 0.0944. The second kappa shape index (κ2) is 5.26. The number of carbonyl (C=O) groups excluding carboxylic acids is 1. The minimum Gasteiger partial charge on any atom is -0.478 e. The number of carbonyl (C=O) groups is 2. The fraction of sp³-hybridized carbons (Fsp3) is 0.333. The van der Waals surface area contributed by atoms with Gasteiger partial charge in [0, 0.05) is 17.7 Å². The van der Waals surface area contributed by atoms with Crippen molar-refractivity contribution in [3.8, 4) is 0 Å². The lowest BCUT2D eigenvalue weighted by atomic mass is 10.1. The van der Waals surface area contributed by atoms with Crippen LogP contribution in [-0.4, -0.2) is 23.0 Å². The van der Waals surface area contributed by atoms with Crippen LogP contribution in [0, 0.1) is 12.8 Å². The van der Waals surface area contributed by atoms with Gasteiger partial charge in [0.1, 0.15) is 0 Å². The second-order valence-corrected chi connectivity index (χ2v) is 5.10. The van der Waals surface area contributed by atoms with E-state index in [1.165, 1.54) is 6.08 Å². The Hall–Kier alpha value is -2.10. The predicted octanol–water partition coefficient (Wildman–Crippen LogP) is 2.23. The number of nitrogens with one attached hydrogen (secondary N) is 1. The summed E-state index contributed by atoms with van der Waals surface area (Å²) in [6.07, 6.45) is 3.59. The standard InChI is InChI=1S/C15H17NO3/c1-9-5-11(3-4-14(17)18)8-12(6-9)15(19)16-13-7-10(13)2/h3-6,8,10,13H,7H2,1-2H3,(H,16,19)(H,17,18)/b4-3+. The highest BCUT2D eigenvalue weighted by Gasteiger charge is 2.33. The van der Waals surface area contributed by atoms with E-state index in [4.69, 9.17) is 5.11 Å². The first-order valence-corrected chi connectivity index (χ1v) is 6.29. The number of carboxylic acid groups (broad SMARTS) is 1. The van der Waals surface area contributed by atoms with Crippen molar-refractivity contribution in [3.05, 3.63) is 41.0 Å². The molecule has 1 amide bonds. The highest BCUT2D eigenvalue weighted by molar-refractivity contribution is 5.95. The van der Waals surface area contributed by atoms with Gasteiger partial charge in [-0.25, -0.2) is 4.79 Å². The van der Waals surface area contributed by atoms with Crippen molar-refractivity contribution in [2.24, 2.45) is 5.92 Å². The van der Waals surface area contributed by atoms with Crippen LogP contribution in [0.3, 0.4) is 0 Å². The first-order valence-electron chi connectivity index (χ1n) is 6.29. The van der Waals surface area contributed by atoms with Gasteiger partial charge in [0.25, 0.3) is 5.91 Å². The molecule has 0 aromatic heterocycles. The fourth-order valence-electron chi connectivity index (χ4n) is 1.98. The highest BCUT2D eigenvalue weighted by atomic mass is 16.4. The lowest BCUT2D eigenvalue weighted by molar-refractivity contribution is -0.131. The summed E-state index contributed by atoms with van der Waals surface area (Å²) in [7, 11) is 0. The lowest BCUT2D eigenvalue weighted by Crippen LogP contribution is -2.26. The highest BCUT2D eigenvalue weighted by Crippen LogP contribution is 2.29. The molecule has 4 heteroatoms. The number of hydrogen-bond donors (Lipinski definition) is 2. The SMILES string of the molecule is Cc1cc(/C=C/C(=O)O)cc(C(=O)NC2CC2C)c1. The summed E-state index contributed by atoms with van der Waals surface area (Å²) in [6.45, 7) is 3.98. The van der Waals surface area contributed by atoms with Crippen molar-refractivity contribution in [1.29, 1.82) is 0 Å². The Morgan fingerprint density at radius 1 is 1.37 bits per heavy atom. The van der Waals surface area contributed by atoms with Crippen LogP contribution in [0.4, 0.5) is 0 Å². The minimum atomic E-state index is -1.00. The Balaban J connectivity index is 2.15. The fourth-order valence-corrected chi connectivity index (χ4v) is 1.98. The molecule has 1 aromatic carbocycles. The monoisotopic (exact) mass is 259 g/mol. The van der Waals surface area contributed by atoms with Crippen LogP contribution in [0.25, 0.3) is 6.08 Å². The molecule has 0 radical (unpaired) electrons. The molecule has 0 bridgehead atoms. The molecule has 0 heterocycles. The maximum Gasteiger partial charge on any atom is 0.328 e. The van der Waals surface area contributed by atoms with Crippen LogP contribution in [-0.2, 0) is 4.79 Å². The molecule has 2 unspecified atom stereocenters. The molecule has 1 aliphatic carbocycles. The van der Waals surface area contributed by atoms with E-state index in [9.17, 15) is 9.59 Å². The van der Waals surface area contributed by atoms with Crippen LogP contribution in [0.1, 0.15) is 34.8 Å². The van der Waals surface area contributed by atoms with E-state index >= 15 is 0 Å². The van der Waals surface area contributed by atoms with Gasteiger partial charge in [0.2, 0.25) is 0 Å². The third-order valence-electron chi connectivity index (χ3n) is 3.21. The molecule has 0 aliphatic heterocycles. The molecule has 1 aliphatic rings. The Morgan fingerprint density at radius 2 is 2.05 bits per heavy atom. The van der Waals surface area contributed by atoms with E-state index in [-0.39, 0.29) is 11.9 Å². The summed E-state index contributed by atoms with van der Waals surface area (Å²) in [5.41, 5.74) is 2.22. The van der Waals surface area contributed by atoms with Gasteiger partial charge in [-0.15, -0.1) is 0 Å². The van der Waals surface area contributed by atoms with E-state index in [1.54, 1.807) is 12.1 Å². The van der Waals surface area contributed by atoms with Gasteiger partial charge in [-0.3, -0.25) is 4.79 Å². The lowest BCUT2D eigenvalue weighted by Gasteiger charge is -2.06. The van der Waals surface area contributed by atoms with Crippen molar-refractivity contribution >= 4 is 18.0 Å². The van der Waals surface area contributed by atoms with E-state index in [0.717, 1.165) is 23.6 Å². The normalized spacial score (nSPS) is 21.4. The van der Waals surface area contributed by atoms with Gasteiger partial charge in [-0.2, -0.15) is 0 Å². The Morgan fingerprint density at radius 3 is 2.63 bits per heavy atom. The van der Waals surface area contributed by atoms with Crippen LogP contribution in [0.15, 0.2) is 24.3 Å². The molecule has 1 fully saturated rings. The maximum absolute atomic E-state index is 12.0. The van der Waals surface area contributed by atoms with Gasteiger partial charge in [-0.05, 0) is 48.6 Å². The van der Waals surface area contributed by atoms with E-state index in [2.05, 4.69) is 12.2 Å². The van der Waals surface area contributed by atoms with Crippen molar-refractivity contribution in [2.75, 3.05) is 0 Å². The van der Waals surface area contributed by atoms with E-state index in [0.29, 0.717) is 11.5 Å². The zero-order valence-corrected chi connectivity index (χ0v) is 11.0. The third-order valence-corrected chi connectivity index (χ3v) is 3.21. The Labute approximate surface area is 112 Å². The number of aliphatic carboxylic acids is 1. The Bertz CT molecular complexity index is 548. The number of carboxylic acids is 1. The molecule has 4 nitrogen and oxygen atoms in total. The van der Waals surface area contributed by atoms with Crippen molar-refractivity contribution in [1.82, 2.24) is 5.32 Å². The molecule has 2 rings (SSSR count). The average molecular weight is 259 g/mol. The molecule has 1 saturated carbocycles. The molecule has 0 saturated heterocycles. The van der Waals surface area contributed by atoms with Crippen molar-refractivity contribution in [3.63, 3.8) is 0 Å². The van der Waals surface area contributed by atoms with Crippen LogP contribution < -0.4 is 5.32 Å². The van der Waals surface area contributed by atoms with Crippen molar-refractivity contribution < 1.29 is 14.7 Å². The molecule has 19 heavy (non-hydrogen) atoms. The smallest absolute Gasteiger partial charge is 0.328 e. The van der Waals surface area contributed by atoms with Gasteiger partial charge in [-0.1, -0.05) is 13.0 Å². The van der Waals surface area contributed by atoms with E-state index in [1.807, 2.05) is 13.0 Å².